The predicted molar refractivity (Wildman–Crippen MR) is 155 cm³/mol. The Morgan fingerprint density at radius 2 is 1.95 bits per heavy atom. The summed E-state index contributed by atoms with van der Waals surface area (Å²) in [6.07, 6.45) is 2.96. The summed E-state index contributed by atoms with van der Waals surface area (Å²) in [5.74, 6) is 0.138. The highest BCUT2D eigenvalue weighted by Crippen LogP contribution is 2.34. The molecule has 1 aliphatic rings. The van der Waals surface area contributed by atoms with E-state index in [2.05, 4.69) is 30.1 Å². The van der Waals surface area contributed by atoms with Crippen molar-refractivity contribution in [2.24, 2.45) is 0 Å². The van der Waals surface area contributed by atoms with Crippen molar-refractivity contribution in [1.29, 1.82) is 0 Å². The van der Waals surface area contributed by atoms with Gasteiger partial charge in [0.2, 0.25) is 11.9 Å². The molecule has 12 nitrogen and oxygen atoms in total. The number of aromatic nitrogens is 6. The Bertz CT molecular complexity index is 1980. The Morgan fingerprint density at radius 3 is 2.71 bits per heavy atom. The molecule has 0 spiro atoms. The number of hydrogen-bond donors (Lipinski definition) is 2. The van der Waals surface area contributed by atoms with Gasteiger partial charge in [0.25, 0.3) is 15.6 Å². The molecule has 1 amide bonds. The van der Waals surface area contributed by atoms with Gasteiger partial charge in [0.1, 0.15) is 5.39 Å². The molecular weight excluding hydrogens is 588 g/mol. The van der Waals surface area contributed by atoms with Crippen LogP contribution < -0.4 is 15.6 Å². The molecule has 0 aliphatic carbocycles. The lowest BCUT2D eigenvalue weighted by atomic mass is 10.2. The Morgan fingerprint density at radius 1 is 1.15 bits per heavy atom. The second-order valence-corrected chi connectivity index (χ2v) is 12.3. The van der Waals surface area contributed by atoms with Crippen LogP contribution in [0.3, 0.4) is 0 Å². The molecule has 15 heteroatoms. The number of rotatable bonds is 7. The van der Waals surface area contributed by atoms with E-state index in [1.165, 1.54) is 53.0 Å². The third-order valence-corrected chi connectivity index (χ3v) is 8.99. The van der Waals surface area contributed by atoms with Gasteiger partial charge in [-0.3, -0.25) is 14.2 Å². The summed E-state index contributed by atoms with van der Waals surface area (Å²) in [4.78, 5) is 38.9. The summed E-state index contributed by atoms with van der Waals surface area (Å²) in [6, 6.07) is 14.1. The summed E-state index contributed by atoms with van der Waals surface area (Å²) in [7, 11) is -3.92. The van der Waals surface area contributed by atoms with Crippen LogP contribution in [0.4, 0.5) is 11.6 Å². The van der Waals surface area contributed by atoms with Gasteiger partial charge >= 0.3 is 0 Å². The number of carbonyl (C=O) groups excluding carboxylic acids is 1. The Labute approximate surface area is 242 Å². The van der Waals surface area contributed by atoms with Crippen LogP contribution in [0.1, 0.15) is 18.2 Å². The first kappa shape index (κ1) is 26.9. The van der Waals surface area contributed by atoms with Crippen molar-refractivity contribution in [3.05, 3.63) is 88.1 Å². The van der Waals surface area contributed by atoms with Gasteiger partial charge in [-0.15, -0.1) is 0 Å². The van der Waals surface area contributed by atoms with Crippen LogP contribution >= 0.6 is 23.4 Å². The van der Waals surface area contributed by atoms with Crippen LogP contribution in [0.5, 0.6) is 0 Å². The zero-order valence-electron chi connectivity index (χ0n) is 21.4. The number of sulfonamides is 1. The van der Waals surface area contributed by atoms with Gasteiger partial charge in [0.05, 0.1) is 22.8 Å². The van der Waals surface area contributed by atoms with Crippen LogP contribution in [0.15, 0.2) is 81.8 Å². The SMILES string of the molecule is Cc1ccnc(NS(=O)(=O)c2ccc(NC(=O)CC3CSc4nc5c(cnn5-c5cccc(Cl)c5)c(=O)n43)cc2)n1. The number of thioether (sulfide) groups is 1. The molecule has 5 aromatic rings. The van der Waals surface area contributed by atoms with Gasteiger partial charge in [-0.2, -0.15) is 5.10 Å². The second kappa shape index (κ2) is 10.6. The number of amides is 1. The van der Waals surface area contributed by atoms with Gasteiger partial charge in [-0.05, 0) is 55.5 Å². The lowest BCUT2D eigenvalue weighted by Gasteiger charge is -2.14. The first-order valence-electron chi connectivity index (χ1n) is 12.3. The average Bonchev–Trinajstić information content (AvgIpc) is 3.54. The maximum atomic E-state index is 13.4. The summed E-state index contributed by atoms with van der Waals surface area (Å²) >= 11 is 7.51. The summed E-state index contributed by atoms with van der Waals surface area (Å²) < 4.78 is 30.8. The molecule has 1 aliphatic heterocycles. The minimum atomic E-state index is -3.92. The highest BCUT2D eigenvalue weighted by Gasteiger charge is 2.30. The van der Waals surface area contributed by atoms with E-state index in [9.17, 15) is 18.0 Å². The van der Waals surface area contributed by atoms with E-state index in [4.69, 9.17) is 11.6 Å². The molecule has 41 heavy (non-hydrogen) atoms. The van der Waals surface area contributed by atoms with E-state index >= 15 is 0 Å². The number of hydrogen-bond acceptors (Lipinski definition) is 9. The standard InChI is InChI=1S/C26H21ClN8O4S2/c1-15-9-10-28-25(30-15)33-41(38,39)20-7-5-17(6-8-20)31-22(36)12-19-14-40-26-32-23-21(24(37)34(19)26)13-29-35(23)18-4-2-3-16(27)11-18/h2-11,13,19H,12,14H2,1H3,(H,31,36)(H,28,30,33). The number of nitrogens with zero attached hydrogens (tertiary/aromatic N) is 6. The van der Waals surface area contributed by atoms with Gasteiger partial charge in [-0.25, -0.2) is 32.8 Å². The molecule has 0 radical (unpaired) electrons. The summed E-state index contributed by atoms with van der Waals surface area (Å²) in [5.41, 5.74) is 1.85. The van der Waals surface area contributed by atoms with Crippen molar-refractivity contribution >= 4 is 62.0 Å². The highest BCUT2D eigenvalue weighted by atomic mass is 35.5. The number of nitrogens with one attached hydrogen (secondary N) is 2. The molecule has 0 bridgehead atoms. The molecule has 2 N–H and O–H groups in total. The zero-order chi connectivity index (χ0) is 28.7. The van der Waals surface area contributed by atoms with E-state index in [0.717, 1.165) is 0 Å². The van der Waals surface area contributed by atoms with Crippen LogP contribution in [-0.4, -0.2) is 49.4 Å². The molecule has 0 fully saturated rings. The largest absolute Gasteiger partial charge is 0.326 e. The summed E-state index contributed by atoms with van der Waals surface area (Å²) in [6.45, 7) is 1.73. The summed E-state index contributed by atoms with van der Waals surface area (Å²) in [5, 5.41) is 8.49. The zero-order valence-corrected chi connectivity index (χ0v) is 23.7. The number of benzene rings is 2. The van der Waals surface area contributed by atoms with Crippen LogP contribution in [0.25, 0.3) is 16.7 Å². The lowest BCUT2D eigenvalue weighted by Crippen LogP contribution is -2.27. The predicted octanol–water partition coefficient (Wildman–Crippen LogP) is 3.81. The first-order valence-corrected chi connectivity index (χ1v) is 15.1. The number of aryl methyl sites for hydroxylation is 1. The highest BCUT2D eigenvalue weighted by molar-refractivity contribution is 7.99. The lowest BCUT2D eigenvalue weighted by molar-refractivity contribution is -0.116. The van der Waals surface area contributed by atoms with Gasteiger partial charge in [0.15, 0.2) is 10.8 Å². The third-order valence-electron chi connectivity index (χ3n) is 6.31. The van der Waals surface area contributed by atoms with E-state index in [1.54, 1.807) is 35.9 Å². The Balaban J connectivity index is 1.16. The topological polar surface area (TPSA) is 154 Å². The molecule has 3 aromatic heterocycles. The first-order chi connectivity index (χ1) is 19.7. The number of fused-ring (bicyclic) bond motifs is 2. The third kappa shape index (κ3) is 5.40. The van der Waals surface area contributed by atoms with Crippen molar-refractivity contribution in [1.82, 2.24) is 29.3 Å². The fourth-order valence-corrected chi connectivity index (χ4v) is 6.66. The van der Waals surface area contributed by atoms with Crippen molar-refractivity contribution in [2.75, 3.05) is 15.8 Å². The maximum Gasteiger partial charge on any atom is 0.265 e. The van der Waals surface area contributed by atoms with E-state index in [0.29, 0.717) is 44.0 Å². The number of halogens is 1. The normalized spacial score (nSPS) is 14.6. The molecule has 1 atom stereocenters. The molecule has 208 valence electrons. The molecule has 0 saturated carbocycles. The maximum absolute atomic E-state index is 13.4. The smallest absolute Gasteiger partial charge is 0.265 e. The van der Waals surface area contributed by atoms with Crippen LogP contribution in [0.2, 0.25) is 5.02 Å². The quantitative estimate of drug-likeness (QED) is 0.262. The van der Waals surface area contributed by atoms with Crippen molar-refractivity contribution in [2.45, 2.75) is 29.4 Å². The number of carbonyl (C=O) groups is 1. The molecule has 0 saturated heterocycles. The monoisotopic (exact) mass is 608 g/mol. The van der Waals surface area contributed by atoms with Gasteiger partial charge in [-0.1, -0.05) is 29.4 Å². The fourth-order valence-electron chi connectivity index (χ4n) is 4.40. The second-order valence-electron chi connectivity index (χ2n) is 9.21. The molecule has 1 unspecified atom stereocenters. The Hall–Kier alpha value is -4.27. The van der Waals surface area contributed by atoms with Gasteiger partial charge < -0.3 is 5.32 Å². The Kier molecular flexibility index (Phi) is 6.97. The molecule has 2 aromatic carbocycles. The minimum Gasteiger partial charge on any atom is -0.326 e. The van der Waals surface area contributed by atoms with E-state index < -0.39 is 16.1 Å². The molecular formula is C26H21ClN8O4S2. The fraction of sp³-hybridized carbons (Fsp3) is 0.154. The molecule has 4 heterocycles. The molecule has 6 rings (SSSR count). The van der Waals surface area contributed by atoms with Crippen LogP contribution in [-0.2, 0) is 14.8 Å². The van der Waals surface area contributed by atoms with E-state index in [-0.39, 0.29) is 28.7 Å². The van der Waals surface area contributed by atoms with Crippen molar-refractivity contribution < 1.29 is 13.2 Å². The van der Waals surface area contributed by atoms with Crippen LogP contribution in [0, 0.1) is 6.92 Å². The van der Waals surface area contributed by atoms with Crippen molar-refractivity contribution in [3.63, 3.8) is 0 Å². The van der Waals surface area contributed by atoms with E-state index in [1.807, 2.05) is 6.07 Å². The number of anilines is 2. The average molecular weight is 609 g/mol. The van der Waals surface area contributed by atoms with Gasteiger partial charge in [0, 0.05) is 34.8 Å². The minimum absolute atomic E-state index is 0.0123. The van der Waals surface area contributed by atoms with Crippen molar-refractivity contribution in [3.8, 4) is 5.69 Å².